The van der Waals surface area contributed by atoms with Crippen molar-refractivity contribution in [1.29, 1.82) is 0 Å². The van der Waals surface area contributed by atoms with Gasteiger partial charge in [-0.2, -0.15) is 0 Å². The van der Waals surface area contributed by atoms with E-state index >= 15 is 0 Å². The Bertz CT molecular complexity index is 953. The van der Waals surface area contributed by atoms with Crippen LogP contribution in [0.5, 0.6) is 0 Å². The smallest absolute Gasteiger partial charge is 0.222 e. The molecule has 0 atom stereocenters. The summed E-state index contributed by atoms with van der Waals surface area (Å²) in [4.78, 5) is 17.4. The molecule has 4 rings (SSSR count). The molecule has 0 radical (unpaired) electrons. The molecule has 0 unspecified atom stereocenters. The molecule has 1 heterocycles. The Morgan fingerprint density at radius 3 is 1.90 bits per heavy atom. The molecule has 0 N–H and O–H groups in total. The number of hydrogen-bond acceptors (Lipinski definition) is 2. The van der Waals surface area contributed by atoms with E-state index in [9.17, 15) is 4.79 Å². The third-order valence-electron chi connectivity index (χ3n) is 6.46. The Kier molecular flexibility index (Phi) is 6.83. The third-order valence-corrected chi connectivity index (χ3v) is 6.46. The predicted molar refractivity (Wildman–Crippen MR) is 127 cm³/mol. The van der Waals surface area contributed by atoms with Gasteiger partial charge in [0.05, 0.1) is 6.04 Å². The van der Waals surface area contributed by atoms with E-state index in [0.29, 0.717) is 6.42 Å². The second-order valence-electron chi connectivity index (χ2n) is 8.56. The third kappa shape index (κ3) is 5.23. The number of aryl methyl sites for hydroxylation is 3. The molecule has 3 nitrogen and oxygen atoms in total. The van der Waals surface area contributed by atoms with Crippen LogP contribution in [0.3, 0.4) is 0 Å². The number of rotatable bonds is 6. The predicted octanol–water partition coefficient (Wildman–Crippen LogP) is 5.17. The Morgan fingerprint density at radius 1 is 0.774 bits per heavy atom. The summed E-state index contributed by atoms with van der Waals surface area (Å²) in [6, 6.07) is 28.1. The molecule has 0 aliphatic carbocycles. The minimum Gasteiger partial charge on any atom is -0.340 e. The summed E-state index contributed by atoms with van der Waals surface area (Å²) >= 11 is 0. The van der Waals surface area contributed by atoms with Crippen LogP contribution in [0.25, 0.3) is 0 Å². The van der Waals surface area contributed by atoms with E-state index in [0.717, 1.165) is 32.6 Å². The van der Waals surface area contributed by atoms with Crippen molar-refractivity contribution >= 4 is 5.91 Å². The molecule has 0 saturated carbocycles. The highest BCUT2D eigenvalue weighted by Crippen LogP contribution is 2.29. The fourth-order valence-corrected chi connectivity index (χ4v) is 4.48. The van der Waals surface area contributed by atoms with Gasteiger partial charge in [0.2, 0.25) is 5.91 Å². The lowest BCUT2D eigenvalue weighted by Gasteiger charge is -2.40. The summed E-state index contributed by atoms with van der Waals surface area (Å²) in [5.74, 6) is 0.272. The molecule has 0 spiro atoms. The number of amides is 1. The maximum atomic E-state index is 12.8. The van der Waals surface area contributed by atoms with E-state index in [2.05, 4.69) is 97.6 Å². The van der Waals surface area contributed by atoms with Crippen molar-refractivity contribution in [3.8, 4) is 0 Å². The molecule has 31 heavy (non-hydrogen) atoms. The van der Waals surface area contributed by atoms with Gasteiger partial charge in [-0.25, -0.2) is 0 Å². The number of benzene rings is 3. The standard InChI is InChI=1S/C28H32N2O/c1-22-13-14-24(21-23(22)2)15-16-27(31)29-17-19-30(20-18-29)28(25-9-5-3-6-10-25)26-11-7-4-8-12-26/h3-14,21,28H,15-20H2,1-2H3. The first-order valence-electron chi connectivity index (χ1n) is 11.3. The summed E-state index contributed by atoms with van der Waals surface area (Å²) in [5, 5.41) is 0. The van der Waals surface area contributed by atoms with E-state index in [1.807, 2.05) is 4.90 Å². The summed E-state index contributed by atoms with van der Waals surface area (Å²) in [6.45, 7) is 7.63. The first kappa shape index (κ1) is 21.3. The molecule has 1 saturated heterocycles. The molecule has 1 aliphatic heterocycles. The molecule has 1 fully saturated rings. The summed E-state index contributed by atoms with van der Waals surface area (Å²) in [7, 11) is 0. The second-order valence-corrected chi connectivity index (χ2v) is 8.56. The van der Waals surface area contributed by atoms with Gasteiger partial charge in [0.25, 0.3) is 0 Å². The fraction of sp³-hybridized carbons (Fsp3) is 0.321. The molecule has 1 amide bonds. The van der Waals surface area contributed by atoms with Crippen molar-refractivity contribution < 1.29 is 4.79 Å². The van der Waals surface area contributed by atoms with Crippen LogP contribution in [0, 0.1) is 13.8 Å². The first-order valence-corrected chi connectivity index (χ1v) is 11.3. The molecule has 1 aliphatic rings. The minimum absolute atomic E-state index is 0.232. The van der Waals surface area contributed by atoms with Crippen molar-refractivity contribution in [2.75, 3.05) is 26.2 Å². The van der Waals surface area contributed by atoms with Crippen molar-refractivity contribution in [2.24, 2.45) is 0 Å². The first-order chi connectivity index (χ1) is 15.1. The normalized spacial score (nSPS) is 14.7. The average Bonchev–Trinajstić information content (AvgIpc) is 2.82. The monoisotopic (exact) mass is 412 g/mol. The van der Waals surface area contributed by atoms with Gasteiger partial charge in [0.15, 0.2) is 0 Å². The maximum Gasteiger partial charge on any atom is 0.222 e. The highest BCUT2D eigenvalue weighted by Gasteiger charge is 2.27. The lowest BCUT2D eigenvalue weighted by molar-refractivity contribution is -0.133. The number of piperazine rings is 1. The van der Waals surface area contributed by atoms with Crippen molar-refractivity contribution in [1.82, 2.24) is 9.80 Å². The molecule has 3 aromatic carbocycles. The SMILES string of the molecule is Cc1ccc(CCC(=O)N2CCN(C(c3ccccc3)c3ccccc3)CC2)cc1C. The highest BCUT2D eigenvalue weighted by atomic mass is 16.2. The van der Waals surface area contributed by atoms with Gasteiger partial charge >= 0.3 is 0 Å². The number of nitrogens with zero attached hydrogens (tertiary/aromatic N) is 2. The second kappa shape index (κ2) is 9.93. The van der Waals surface area contributed by atoms with Crippen molar-refractivity contribution in [3.63, 3.8) is 0 Å². The van der Waals surface area contributed by atoms with Gasteiger partial charge in [0, 0.05) is 32.6 Å². The van der Waals surface area contributed by atoms with Gasteiger partial charge in [-0.15, -0.1) is 0 Å². The lowest BCUT2D eigenvalue weighted by Crippen LogP contribution is -2.49. The minimum atomic E-state index is 0.232. The van der Waals surface area contributed by atoms with E-state index < -0.39 is 0 Å². The van der Waals surface area contributed by atoms with E-state index in [-0.39, 0.29) is 11.9 Å². The van der Waals surface area contributed by atoms with E-state index in [1.165, 1.54) is 27.8 Å². The Balaban J connectivity index is 1.38. The zero-order chi connectivity index (χ0) is 21.6. The zero-order valence-electron chi connectivity index (χ0n) is 18.6. The maximum absolute atomic E-state index is 12.8. The van der Waals surface area contributed by atoms with Crippen LogP contribution in [0.4, 0.5) is 0 Å². The molecule has 0 aromatic heterocycles. The summed E-state index contributed by atoms with van der Waals surface area (Å²) in [6.07, 6.45) is 1.40. The quantitative estimate of drug-likeness (QED) is 0.558. The van der Waals surface area contributed by atoms with Crippen molar-refractivity contribution in [2.45, 2.75) is 32.7 Å². The largest absolute Gasteiger partial charge is 0.340 e. The van der Waals surface area contributed by atoms with Gasteiger partial charge in [0.1, 0.15) is 0 Å². The molecule has 160 valence electrons. The number of carbonyl (C=O) groups excluding carboxylic acids is 1. The molecular weight excluding hydrogens is 380 g/mol. The summed E-state index contributed by atoms with van der Waals surface area (Å²) in [5.41, 5.74) is 6.47. The molecule has 3 aromatic rings. The summed E-state index contributed by atoms with van der Waals surface area (Å²) < 4.78 is 0. The van der Waals surface area contributed by atoms with Gasteiger partial charge < -0.3 is 4.90 Å². The van der Waals surface area contributed by atoms with E-state index in [4.69, 9.17) is 0 Å². The van der Waals surface area contributed by atoms with Crippen molar-refractivity contribution in [3.05, 3.63) is 107 Å². The van der Waals surface area contributed by atoms with Crippen LogP contribution >= 0.6 is 0 Å². The van der Waals surface area contributed by atoms with Crippen LogP contribution in [0.1, 0.15) is 40.3 Å². The van der Waals surface area contributed by atoms with Gasteiger partial charge in [-0.1, -0.05) is 78.9 Å². The van der Waals surface area contributed by atoms with Gasteiger partial charge in [-0.05, 0) is 48.1 Å². The fourth-order valence-electron chi connectivity index (χ4n) is 4.48. The highest BCUT2D eigenvalue weighted by molar-refractivity contribution is 5.76. The lowest BCUT2D eigenvalue weighted by atomic mass is 9.96. The zero-order valence-corrected chi connectivity index (χ0v) is 18.6. The molecule has 0 bridgehead atoms. The van der Waals surface area contributed by atoms with Crippen LogP contribution < -0.4 is 0 Å². The van der Waals surface area contributed by atoms with Crippen LogP contribution in [-0.4, -0.2) is 41.9 Å². The van der Waals surface area contributed by atoms with Crippen LogP contribution in [0.15, 0.2) is 78.9 Å². The Morgan fingerprint density at radius 2 is 1.35 bits per heavy atom. The van der Waals surface area contributed by atoms with Gasteiger partial charge in [-0.3, -0.25) is 9.69 Å². The van der Waals surface area contributed by atoms with Crippen LogP contribution in [0.2, 0.25) is 0 Å². The molecule has 3 heteroatoms. The Hall–Kier alpha value is -2.91. The topological polar surface area (TPSA) is 23.6 Å². The number of hydrogen-bond donors (Lipinski definition) is 0. The Labute approximate surface area is 186 Å². The average molecular weight is 413 g/mol. The molecular formula is C28H32N2O. The van der Waals surface area contributed by atoms with E-state index in [1.54, 1.807) is 0 Å². The number of carbonyl (C=O) groups is 1. The van der Waals surface area contributed by atoms with Crippen LogP contribution in [-0.2, 0) is 11.2 Å².